The van der Waals surface area contributed by atoms with Crippen LogP contribution in [0.2, 0.25) is 0 Å². The fraction of sp³-hybridized carbons (Fsp3) is 0.231. The summed E-state index contributed by atoms with van der Waals surface area (Å²) >= 11 is 1.89. The Morgan fingerprint density at radius 2 is 2.33 bits per heavy atom. The molecule has 21 heavy (non-hydrogen) atoms. The van der Waals surface area contributed by atoms with E-state index in [1.165, 1.54) is 17.2 Å². The highest BCUT2D eigenvalue weighted by Gasteiger charge is 2.35. The van der Waals surface area contributed by atoms with Crippen molar-refractivity contribution < 1.29 is 23.2 Å². The van der Waals surface area contributed by atoms with Gasteiger partial charge in [0.1, 0.15) is 31.3 Å². The largest absolute Gasteiger partial charge is 0.473 e. The van der Waals surface area contributed by atoms with Crippen molar-refractivity contribution in [2.75, 3.05) is 18.1 Å². The molecule has 110 valence electrons. The minimum absolute atomic E-state index is 0.171. The van der Waals surface area contributed by atoms with Crippen LogP contribution in [0.4, 0.5) is 14.9 Å². The number of rotatable bonds is 4. The maximum Gasteiger partial charge on any atom is 0.414 e. The predicted molar refractivity (Wildman–Crippen MR) is 78.7 cm³/mol. The lowest BCUT2D eigenvalue weighted by Crippen LogP contribution is -2.38. The molecule has 2 aromatic rings. The zero-order valence-electron chi connectivity index (χ0n) is 10.7. The first-order chi connectivity index (χ1) is 10.1. The summed E-state index contributed by atoms with van der Waals surface area (Å²) in [6.45, 7) is 0.343. The van der Waals surface area contributed by atoms with Gasteiger partial charge in [-0.3, -0.25) is 4.90 Å². The number of hydrogen-bond acceptors (Lipinski definition) is 5. The molecule has 1 aliphatic rings. The maximum atomic E-state index is 13.7. The molecule has 1 aromatic carbocycles. The summed E-state index contributed by atoms with van der Waals surface area (Å²) in [4.78, 5) is 13.2. The topological polar surface area (TPSA) is 64.8 Å². The lowest BCUT2D eigenvalue weighted by molar-refractivity contribution is 0.174. The highest BCUT2D eigenvalue weighted by Crippen LogP contribution is 2.26. The molecule has 3 rings (SSSR count). The van der Waals surface area contributed by atoms with Gasteiger partial charge < -0.3 is 14.0 Å². The average molecular weight is 404 g/mol. The van der Waals surface area contributed by atoms with E-state index in [0.29, 0.717) is 15.1 Å². The molecule has 0 unspecified atom stereocenters. The molecule has 1 aliphatic heterocycles. The number of aromatic nitrogens is 1. The Balaban J connectivity index is 1.77. The molecule has 1 fully saturated rings. The van der Waals surface area contributed by atoms with Crippen molar-refractivity contribution in [2.24, 2.45) is 0 Å². The summed E-state index contributed by atoms with van der Waals surface area (Å²) in [5.41, 5.74) is 0.434. The maximum absolute atomic E-state index is 13.7. The third-order valence-corrected chi connectivity index (χ3v) is 3.86. The van der Waals surface area contributed by atoms with Crippen molar-refractivity contribution in [3.63, 3.8) is 0 Å². The van der Waals surface area contributed by atoms with Crippen molar-refractivity contribution >= 4 is 34.4 Å². The first-order valence-corrected chi connectivity index (χ1v) is 7.17. The average Bonchev–Trinajstić information content (AvgIpc) is 3.09. The Kier molecular flexibility index (Phi) is 3.95. The second-order valence-electron chi connectivity index (χ2n) is 4.35. The van der Waals surface area contributed by atoms with Crippen molar-refractivity contribution in [2.45, 2.75) is 6.04 Å². The number of benzene rings is 1. The van der Waals surface area contributed by atoms with Crippen LogP contribution in [-0.4, -0.2) is 30.5 Å². The van der Waals surface area contributed by atoms with Gasteiger partial charge in [0.2, 0.25) is 0 Å². The van der Waals surface area contributed by atoms with Gasteiger partial charge in [-0.05, 0) is 45.9 Å². The summed E-state index contributed by atoms with van der Waals surface area (Å²) in [7, 11) is 0. The van der Waals surface area contributed by atoms with Crippen LogP contribution in [0.1, 0.15) is 0 Å². The number of carbonyl (C=O) groups excluding carboxylic acids is 1. The Morgan fingerprint density at radius 1 is 1.48 bits per heavy atom. The molecule has 1 aromatic heterocycles. The molecule has 0 radical (unpaired) electrons. The number of anilines is 1. The van der Waals surface area contributed by atoms with Crippen LogP contribution in [0.5, 0.6) is 5.88 Å². The Hall–Kier alpha value is -1.84. The molecule has 0 saturated carbocycles. The standard InChI is InChI=1S/C13H10FIN2O4/c14-10-5-8(1-2-11(10)15)17-9(7-20-13(17)18)6-19-12-3-4-21-16-12/h1-5,9H,6-7H2/t9-/m1/s1. The van der Waals surface area contributed by atoms with E-state index in [1.54, 1.807) is 18.2 Å². The van der Waals surface area contributed by atoms with Crippen molar-refractivity contribution in [3.8, 4) is 5.88 Å². The number of amides is 1. The van der Waals surface area contributed by atoms with Crippen molar-refractivity contribution in [3.05, 3.63) is 39.9 Å². The van der Waals surface area contributed by atoms with E-state index in [1.807, 2.05) is 22.6 Å². The van der Waals surface area contributed by atoms with Gasteiger partial charge in [-0.2, -0.15) is 0 Å². The van der Waals surface area contributed by atoms with Gasteiger partial charge in [0.15, 0.2) is 0 Å². The lowest BCUT2D eigenvalue weighted by Gasteiger charge is -2.21. The van der Waals surface area contributed by atoms with E-state index in [0.717, 1.165) is 0 Å². The van der Waals surface area contributed by atoms with Gasteiger partial charge in [0, 0.05) is 9.64 Å². The van der Waals surface area contributed by atoms with Gasteiger partial charge in [-0.15, -0.1) is 0 Å². The van der Waals surface area contributed by atoms with E-state index in [2.05, 4.69) is 9.68 Å². The summed E-state index contributed by atoms with van der Waals surface area (Å²) < 4.78 is 29.2. The minimum Gasteiger partial charge on any atom is -0.473 e. The SMILES string of the molecule is O=C1OC[C@@H](COc2ccon2)N1c1ccc(I)c(F)c1. The molecule has 8 heteroatoms. The number of ether oxygens (including phenoxy) is 2. The fourth-order valence-corrected chi connectivity index (χ4v) is 2.33. The second kappa shape index (κ2) is 5.88. The minimum atomic E-state index is -0.524. The zero-order chi connectivity index (χ0) is 14.8. The fourth-order valence-electron chi connectivity index (χ4n) is 1.99. The molecule has 1 amide bonds. The Morgan fingerprint density at radius 3 is 3.05 bits per heavy atom. The van der Waals surface area contributed by atoms with Gasteiger partial charge in [0.05, 0.1) is 5.69 Å². The molecule has 0 bridgehead atoms. The Bertz CT molecular complexity index is 650. The molecule has 2 heterocycles. The van der Waals surface area contributed by atoms with Crippen LogP contribution in [0.3, 0.4) is 0 Å². The molecular formula is C13H10FIN2O4. The van der Waals surface area contributed by atoms with Crippen LogP contribution >= 0.6 is 22.6 Å². The first kappa shape index (κ1) is 14.1. The number of cyclic esters (lactones) is 1. The molecule has 0 N–H and O–H groups in total. The van der Waals surface area contributed by atoms with E-state index >= 15 is 0 Å². The third-order valence-electron chi connectivity index (χ3n) is 2.98. The van der Waals surface area contributed by atoms with Gasteiger partial charge >= 0.3 is 6.09 Å². The van der Waals surface area contributed by atoms with Gasteiger partial charge in [-0.25, -0.2) is 9.18 Å². The van der Waals surface area contributed by atoms with Crippen molar-refractivity contribution in [1.82, 2.24) is 5.16 Å². The normalized spacial score (nSPS) is 17.9. The number of nitrogens with zero attached hydrogens (tertiary/aromatic N) is 2. The highest BCUT2D eigenvalue weighted by molar-refractivity contribution is 14.1. The van der Waals surface area contributed by atoms with Crippen LogP contribution in [0, 0.1) is 9.39 Å². The number of hydrogen-bond donors (Lipinski definition) is 0. The summed E-state index contributed by atoms with van der Waals surface area (Å²) in [5, 5.41) is 3.62. The monoisotopic (exact) mass is 404 g/mol. The zero-order valence-corrected chi connectivity index (χ0v) is 12.8. The van der Waals surface area contributed by atoms with Gasteiger partial charge in [0.25, 0.3) is 5.88 Å². The third kappa shape index (κ3) is 2.94. The van der Waals surface area contributed by atoms with Crippen molar-refractivity contribution in [1.29, 1.82) is 0 Å². The molecular weight excluding hydrogens is 394 g/mol. The molecule has 1 saturated heterocycles. The van der Waals surface area contributed by atoms with E-state index < -0.39 is 6.09 Å². The highest BCUT2D eigenvalue weighted by atomic mass is 127. The Labute approximate surface area is 132 Å². The quantitative estimate of drug-likeness (QED) is 0.734. The van der Waals surface area contributed by atoms with Crippen LogP contribution in [0.15, 0.2) is 35.1 Å². The second-order valence-corrected chi connectivity index (χ2v) is 5.51. The smallest absolute Gasteiger partial charge is 0.414 e. The van der Waals surface area contributed by atoms with Crippen LogP contribution < -0.4 is 9.64 Å². The summed E-state index contributed by atoms with van der Waals surface area (Å²) in [6, 6.07) is 5.78. The van der Waals surface area contributed by atoms with E-state index in [9.17, 15) is 9.18 Å². The lowest BCUT2D eigenvalue weighted by atomic mass is 10.2. The van der Waals surface area contributed by atoms with Crippen LogP contribution in [-0.2, 0) is 4.74 Å². The molecule has 6 nitrogen and oxygen atoms in total. The number of halogens is 2. The molecule has 0 spiro atoms. The predicted octanol–water partition coefficient (Wildman–Crippen LogP) is 2.82. The van der Waals surface area contributed by atoms with E-state index in [4.69, 9.17) is 9.47 Å². The molecule has 0 aliphatic carbocycles. The van der Waals surface area contributed by atoms with Crippen LogP contribution in [0.25, 0.3) is 0 Å². The number of carbonyl (C=O) groups is 1. The summed E-state index contributed by atoms with van der Waals surface area (Å²) in [6.07, 6.45) is 0.863. The summed E-state index contributed by atoms with van der Waals surface area (Å²) in [5.74, 6) is -0.0629. The van der Waals surface area contributed by atoms with Gasteiger partial charge in [-0.1, -0.05) is 0 Å². The first-order valence-electron chi connectivity index (χ1n) is 6.09. The molecule has 1 atom stereocenters. The van der Waals surface area contributed by atoms with E-state index in [-0.39, 0.29) is 25.1 Å².